The Hall–Kier alpha value is -1.28. The molecule has 2 aliphatic rings. The maximum atomic E-state index is 12.3. The number of fused-ring (bicyclic) bond motifs is 1. The second-order valence-corrected chi connectivity index (χ2v) is 5.55. The Kier molecular flexibility index (Phi) is 2.67. The molecule has 1 aromatic rings. The van der Waals surface area contributed by atoms with E-state index in [9.17, 15) is 4.79 Å². The molecule has 1 unspecified atom stereocenters. The minimum absolute atomic E-state index is 0.0969. The lowest BCUT2D eigenvalue weighted by Crippen LogP contribution is -2.21. The Morgan fingerprint density at radius 3 is 3.00 bits per heavy atom. The van der Waals surface area contributed by atoms with Gasteiger partial charge in [0, 0.05) is 27.7 Å². The predicted octanol–water partition coefficient (Wildman–Crippen LogP) is 3.75. The van der Waals surface area contributed by atoms with Crippen molar-refractivity contribution in [1.29, 1.82) is 0 Å². The van der Waals surface area contributed by atoms with Crippen molar-refractivity contribution in [1.82, 2.24) is 0 Å². The molecular weight excluding hydrogens is 228 g/mol. The first-order valence-corrected chi connectivity index (χ1v) is 6.82. The molecule has 0 radical (unpaired) electrons. The van der Waals surface area contributed by atoms with E-state index in [2.05, 4.69) is 37.3 Å². The Morgan fingerprint density at radius 1 is 1.35 bits per heavy atom. The van der Waals surface area contributed by atoms with Crippen LogP contribution in [0.5, 0.6) is 0 Å². The van der Waals surface area contributed by atoms with Crippen LogP contribution < -0.4 is 0 Å². The number of hydrogen-bond acceptors (Lipinski definition) is 2. The van der Waals surface area contributed by atoms with Crippen LogP contribution in [0.1, 0.15) is 18.9 Å². The minimum atomic E-state index is 0.0969. The van der Waals surface area contributed by atoms with E-state index in [1.54, 1.807) is 11.8 Å². The van der Waals surface area contributed by atoms with Crippen LogP contribution in [0.2, 0.25) is 0 Å². The summed E-state index contributed by atoms with van der Waals surface area (Å²) in [5.74, 6) is 0.423. The second-order valence-electron chi connectivity index (χ2n) is 4.47. The van der Waals surface area contributed by atoms with Gasteiger partial charge in [-0.05, 0) is 18.1 Å². The quantitative estimate of drug-likeness (QED) is 0.746. The smallest absolute Gasteiger partial charge is 0.167 e. The van der Waals surface area contributed by atoms with Gasteiger partial charge in [-0.25, -0.2) is 0 Å². The van der Waals surface area contributed by atoms with Crippen molar-refractivity contribution in [2.45, 2.75) is 24.7 Å². The molecule has 17 heavy (non-hydrogen) atoms. The van der Waals surface area contributed by atoms with Crippen LogP contribution in [0.25, 0.3) is 0 Å². The molecule has 3 rings (SSSR count). The topological polar surface area (TPSA) is 17.1 Å². The highest BCUT2D eigenvalue weighted by atomic mass is 32.2. The van der Waals surface area contributed by atoms with Crippen LogP contribution in [-0.2, 0) is 11.2 Å². The van der Waals surface area contributed by atoms with Crippen molar-refractivity contribution in [2.24, 2.45) is 5.92 Å². The first-order chi connectivity index (χ1) is 8.29. The van der Waals surface area contributed by atoms with Crippen LogP contribution in [0.3, 0.4) is 0 Å². The maximum absolute atomic E-state index is 12.3. The summed E-state index contributed by atoms with van der Waals surface area (Å²) in [5, 5.41) is 0. The monoisotopic (exact) mass is 242 g/mol. The van der Waals surface area contributed by atoms with Crippen molar-refractivity contribution in [2.75, 3.05) is 0 Å². The third kappa shape index (κ3) is 1.77. The zero-order valence-electron chi connectivity index (χ0n) is 9.77. The van der Waals surface area contributed by atoms with Gasteiger partial charge in [0.2, 0.25) is 0 Å². The average molecular weight is 242 g/mol. The van der Waals surface area contributed by atoms with Crippen LogP contribution in [-0.4, -0.2) is 5.78 Å². The lowest BCUT2D eigenvalue weighted by molar-refractivity contribution is -0.118. The van der Waals surface area contributed by atoms with Gasteiger partial charge in [0.25, 0.3) is 0 Å². The number of rotatable bonds is 1. The van der Waals surface area contributed by atoms with Crippen LogP contribution in [0, 0.1) is 5.92 Å². The van der Waals surface area contributed by atoms with Gasteiger partial charge in [0.15, 0.2) is 5.78 Å². The lowest BCUT2D eigenvalue weighted by atomic mass is 9.87. The molecule has 1 aromatic carbocycles. The van der Waals surface area contributed by atoms with Crippen molar-refractivity contribution in [3.05, 3.63) is 52.5 Å². The zero-order valence-corrected chi connectivity index (χ0v) is 10.6. The summed E-state index contributed by atoms with van der Waals surface area (Å²) in [7, 11) is 0. The SMILES string of the molecule is CCC1C=CC2=C(Cc3ccccc3S2)C1=O. The van der Waals surface area contributed by atoms with Crippen LogP contribution in [0.4, 0.5) is 0 Å². The summed E-state index contributed by atoms with van der Waals surface area (Å²) in [4.78, 5) is 14.7. The number of allylic oxidation sites excluding steroid dienone is 3. The maximum Gasteiger partial charge on any atom is 0.167 e. The molecule has 1 atom stereocenters. The molecule has 0 N–H and O–H groups in total. The molecule has 0 saturated carbocycles. The Balaban J connectivity index is 2.00. The van der Waals surface area contributed by atoms with Crippen LogP contribution >= 0.6 is 11.8 Å². The summed E-state index contributed by atoms with van der Waals surface area (Å²) in [6.07, 6.45) is 5.89. The van der Waals surface area contributed by atoms with E-state index in [1.807, 2.05) is 6.07 Å². The van der Waals surface area contributed by atoms with Gasteiger partial charge in [-0.15, -0.1) is 0 Å². The van der Waals surface area contributed by atoms with E-state index in [-0.39, 0.29) is 5.92 Å². The van der Waals surface area contributed by atoms with E-state index < -0.39 is 0 Å². The number of Topliss-reactive ketones (excluding diaryl/α,β-unsaturated/α-hetero) is 1. The van der Waals surface area contributed by atoms with Gasteiger partial charge in [0.1, 0.15) is 0 Å². The third-order valence-corrected chi connectivity index (χ3v) is 4.63. The number of carbonyl (C=O) groups is 1. The van der Waals surface area contributed by atoms with Crippen molar-refractivity contribution < 1.29 is 4.79 Å². The molecular formula is C15H14OS. The number of hydrogen-bond donors (Lipinski definition) is 0. The number of benzene rings is 1. The van der Waals surface area contributed by atoms with Gasteiger partial charge in [-0.2, -0.15) is 0 Å². The molecule has 0 amide bonds. The molecule has 0 fully saturated rings. The van der Waals surface area contributed by atoms with E-state index in [1.165, 1.54) is 10.5 Å². The zero-order chi connectivity index (χ0) is 11.8. The molecule has 0 spiro atoms. The van der Waals surface area contributed by atoms with E-state index >= 15 is 0 Å². The molecule has 0 saturated heterocycles. The highest BCUT2D eigenvalue weighted by Crippen LogP contribution is 2.42. The number of carbonyl (C=O) groups excluding carboxylic acids is 1. The molecule has 0 bridgehead atoms. The average Bonchev–Trinajstić information content (AvgIpc) is 2.37. The fourth-order valence-electron chi connectivity index (χ4n) is 2.39. The molecule has 1 aliphatic carbocycles. The first kappa shape index (κ1) is 10.8. The summed E-state index contributed by atoms with van der Waals surface area (Å²) in [6.45, 7) is 2.07. The molecule has 0 aromatic heterocycles. The fraction of sp³-hybridized carbons (Fsp3) is 0.267. The predicted molar refractivity (Wildman–Crippen MR) is 71.0 cm³/mol. The van der Waals surface area contributed by atoms with Crippen LogP contribution in [0.15, 0.2) is 51.8 Å². The van der Waals surface area contributed by atoms with Gasteiger partial charge in [-0.1, -0.05) is 49.0 Å². The Morgan fingerprint density at radius 2 is 2.18 bits per heavy atom. The fourth-order valence-corrected chi connectivity index (χ4v) is 3.48. The molecule has 1 heterocycles. The summed E-state index contributed by atoms with van der Waals surface area (Å²) < 4.78 is 0. The van der Waals surface area contributed by atoms with Crippen molar-refractivity contribution >= 4 is 17.5 Å². The lowest BCUT2D eigenvalue weighted by Gasteiger charge is -2.25. The first-order valence-electron chi connectivity index (χ1n) is 6.01. The van der Waals surface area contributed by atoms with E-state index in [4.69, 9.17) is 0 Å². The van der Waals surface area contributed by atoms with Gasteiger partial charge < -0.3 is 0 Å². The van der Waals surface area contributed by atoms with Gasteiger partial charge in [-0.3, -0.25) is 4.79 Å². The van der Waals surface area contributed by atoms with Gasteiger partial charge >= 0.3 is 0 Å². The van der Waals surface area contributed by atoms with E-state index in [0.717, 1.165) is 23.3 Å². The molecule has 86 valence electrons. The van der Waals surface area contributed by atoms with Crippen molar-refractivity contribution in [3.63, 3.8) is 0 Å². The summed E-state index contributed by atoms with van der Waals surface area (Å²) >= 11 is 1.73. The highest BCUT2D eigenvalue weighted by Gasteiger charge is 2.28. The summed E-state index contributed by atoms with van der Waals surface area (Å²) in [6, 6.07) is 8.36. The minimum Gasteiger partial charge on any atom is -0.294 e. The molecule has 1 nitrogen and oxygen atoms in total. The number of ketones is 1. The molecule has 2 heteroatoms. The highest BCUT2D eigenvalue weighted by molar-refractivity contribution is 8.03. The normalized spacial score (nSPS) is 22.4. The third-order valence-electron chi connectivity index (χ3n) is 3.41. The summed E-state index contributed by atoms with van der Waals surface area (Å²) in [5.41, 5.74) is 2.30. The standard InChI is InChI=1S/C15H14OS/c1-2-10-7-8-14-12(15(10)16)9-11-5-3-4-6-13(11)17-14/h3-8,10H,2,9H2,1H3. The molecule has 1 aliphatic heterocycles. The second kappa shape index (κ2) is 4.19. The Labute approximate surface area is 106 Å². The number of thioether (sulfide) groups is 1. The van der Waals surface area contributed by atoms with Crippen molar-refractivity contribution in [3.8, 4) is 0 Å². The van der Waals surface area contributed by atoms with E-state index in [0.29, 0.717) is 5.78 Å². The Bertz CT molecular complexity index is 540. The van der Waals surface area contributed by atoms with Gasteiger partial charge in [0.05, 0.1) is 0 Å². The largest absolute Gasteiger partial charge is 0.294 e.